The van der Waals surface area contributed by atoms with E-state index in [1.165, 1.54) is 6.07 Å². The Morgan fingerprint density at radius 3 is 2.45 bits per heavy atom. The Bertz CT molecular complexity index is 800. The highest BCUT2D eigenvalue weighted by molar-refractivity contribution is 6.35. The molecule has 0 bridgehead atoms. The third kappa shape index (κ3) is 2.12. The zero-order valence-electron chi connectivity index (χ0n) is 10.4. The number of nitrogens with zero attached hydrogens (tertiary/aromatic N) is 1. The van der Waals surface area contributed by atoms with Gasteiger partial charge in [-0.25, -0.2) is 9.78 Å². The van der Waals surface area contributed by atoms with Crippen LogP contribution in [0.15, 0.2) is 54.6 Å². The first kappa shape index (κ1) is 12.6. The molecule has 0 unspecified atom stereocenters. The van der Waals surface area contributed by atoms with E-state index in [0.29, 0.717) is 15.9 Å². The molecule has 0 saturated carbocycles. The number of carboxylic acid groups (broad SMARTS) is 1. The Morgan fingerprint density at radius 1 is 1.00 bits per heavy atom. The van der Waals surface area contributed by atoms with Crippen molar-refractivity contribution in [2.75, 3.05) is 0 Å². The van der Waals surface area contributed by atoms with E-state index in [9.17, 15) is 9.90 Å². The van der Waals surface area contributed by atoms with Crippen molar-refractivity contribution in [2.45, 2.75) is 0 Å². The van der Waals surface area contributed by atoms with Gasteiger partial charge >= 0.3 is 5.97 Å². The molecule has 0 aliphatic heterocycles. The Kier molecular flexibility index (Phi) is 3.12. The second kappa shape index (κ2) is 4.94. The lowest BCUT2D eigenvalue weighted by Gasteiger charge is -2.07. The maximum atomic E-state index is 11.2. The standard InChI is InChI=1S/C16H10ClNO2/c17-13-8-6-12(16(19)20)11-7-9-14(18-15(11)13)10-4-2-1-3-5-10/h1-9H,(H,19,20). The van der Waals surface area contributed by atoms with Crippen LogP contribution < -0.4 is 0 Å². The maximum absolute atomic E-state index is 11.2. The van der Waals surface area contributed by atoms with E-state index < -0.39 is 5.97 Å². The largest absolute Gasteiger partial charge is 0.478 e. The van der Waals surface area contributed by atoms with Gasteiger partial charge in [-0.1, -0.05) is 41.9 Å². The van der Waals surface area contributed by atoms with Crippen LogP contribution in [0, 0.1) is 0 Å². The zero-order chi connectivity index (χ0) is 14.1. The lowest BCUT2D eigenvalue weighted by molar-refractivity contribution is 0.0699. The van der Waals surface area contributed by atoms with Gasteiger partial charge in [0.05, 0.1) is 21.8 Å². The minimum absolute atomic E-state index is 0.205. The second-order valence-corrected chi connectivity index (χ2v) is 4.77. The Hall–Kier alpha value is -2.39. The number of fused-ring (bicyclic) bond motifs is 1. The Labute approximate surface area is 120 Å². The topological polar surface area (TPSA) is 50.2 Å². The highest BCUT2D eigenvalue weighted by Crippen LogP contribution is 2.28. The summed E-state index contributed by atoms with van der Waals surface area (Å²) in [6.07, 6.45) is 0. The highest BCUT2D eigenvalue weighted by Gasteiger charge is 2.12. The molecule has 0 fully saturated rings. The molecule has 0 radical (unpaired) electrons. The fraction of sp³-hybridized carbons (Fsp3) is 0. The molecule has 3 rings (SSSR count). The normalized spacial score (nSPS) is 10.7. The molecule has 1 aromatic heterocycles. The van der Waals surface area contributed by atoms with Crippen LogP contribution in [0.2, 0.25) is 5.02 Å². The average Bonchev–Trinajstić information content (AvgIpc) is 2.48. The van der Waals surface area contributed by atoms with Gasteiger partial charge in [-0.3, -0.25) is 0 Å². The maximum Gasteiger partial charge on any atom is 0.336 e. The summed E-state index contributed by atoms with van der Waals surface area (Å²) < 4.78 is 0. The molecule has 0 aliphatic carbocycles. The van der Waals surface area contributed by atoms with Crippen LogP contribution in [0.25, 0.3) is 22.2 Å². The monoisotopic (exact) mass is 283 g/mol. The predicted octanol–water partition coefficient (Wildman–Crippen LogP) is 4.25. The van der Waals surface area contributed by atoms with E-state index in [1.54, 1.807) is 18.2 Å². The number of halogens is 1. The van der Waals surface area contributed by atoms with Crippen LogP contribution >= 0.6 is 11.6 Å². The van der Waals surface area contributed by atoms with Crippen LogP contribution in [-0.4, -0.2) is 16.1 Å². The van der Waals surface area contributed by atoms with Crippen LogP contribution in [0.1, 0.15) is 10.4 Å². The number of aromatic nitrogens is 1. The molecule has 0 aliphatic rings. The van der Waals surface area contributed by atoms with E-state index >= 15 is 0 Å². The number of hydrogen-bond donors (Lipinski definition) is 1. The molecule has 0 amide bonds. The van der Waals surface area contributed by atoms with Crippen molar-refractivity contribution >= 4 is 28.5 Å². The van der Waals surface area contributed by atoms with Crippen LogP contribution in [0.5, 0.6) is 0 Å². The molecule has 1 heterocycles. The van der Waals surface area contributed by atoms with E-state index in [1.807, 2.05) is 30.3 Å². The third-order valence-corrected chi connectivity index (χ3v) is 3.41. The molecule has 20 heavy (non-hydrogen) atoms. The van der Waals surface area contributed by atoms with Gasteiger partial charge in [0, 0.05) is 10.9 Å². The quantitative estimate of drug-likeness (QED) is 0.765. The lowest BCUT2D eigenvalue weighted by atomic mass is 10.1. The van der Waals surface area contributed by atoms with Crippen molar-refractivity contribution in [3.63, 3.8) is 0 Å². The summed E-state index contributed by atoms with van der Waals surface area (Å²) in [6.45, 7) is 0. The van der Waals surface area contributed by atoms with Crippen molar-refractivity contribution in [1.82, 2.24) is 4.98 Å². The molecule has 0 saturated heterocycles. The van der Waals surface area contributed by atoms with Gasteiger partial charge in [-0.05, 0) is 24.3 Å². The molecule has 1 N–H and O–H groups in total. The number of benzene rings is 2. The lowest BCUT2D eigenvalue weighted by Crippen LogP contribution is -1.98. The van der Waals surface area contributed by atoms with E-state index in [-0.39, 0.29) is 5.56 Å². The van der Waals surface area contributed by atoms with E-state index in [4.69, 9.17) is 11.6 Å². The predicted molar refractivity (Wildman–Crippen MR) is 79.1 cm³/mol. The van der Waals surface area contributed by atoms with Crippen molar-refractivity contribution in [1.29, 1.82) is 0 Å². The van der Waals surface area contributed by atoms with Gasteiger partial charge in [0.1, 0.15) is 0 Å². The van der Waals surface area contributed by atoms with Crippen LogP contribution in [0.3, 0.4) is 0 Å². The second-order valence-electron chi connectivity index (χ2n) is 4.36. The minimum Gasteiger partial charge on any atom is -0.478 e. The van der Waals surface area contributed by atoms with Gasteiger partial charge in [-0.2, -0.15) is 0 Å². The van der Waals surface area contributed by atoms with Gasteiger partial charge in [0.2, 0.25) is 0 Å². The summed E-state index contributed by atoms with van der Waals surface area (Å²) in [5, 5.41) is 10.2. The Morgan fingerprint density at radius 2 is 1.75 bits per heavy atom. The van der Waals surface area contributed by atoms with Crippen molar-refractivity contribution < 1.29 is 9.90 Å². The molecular formula is C16H10ClNO2. The molecule has 98 valence electrons. The van der Waals surface area contributed by atoms with Crippen LogP contribution in [0.4, 0.5) is 0 Å². The zero-order valence-corrected chi connectivity index (χ0v) is 11.1. The number of carboxylic acids is 1. The fourth-order valence-corrected chi connectivity index (χ4v) is 2.35. The first-order valence-corrected chi connectivity index (χ1v) is 6.42. The molecule has 0 atom stereocenters. The first-order valence-electron chi connectivity index (χ1n) is 6.05. The van der Waals surface area contributed by atoms with Gasteiger partial charge in [0.15, 0.2) is 0 Å². The molecule has 2 aromatic carbocycles. The number of rotatable bonds is 2. The van der Waals surface area contributed by atoms with E-state index in [2.05, 4.69) is 4.98 Å². The van der Waals surface area contributed by atoms with Crippen LogP contribution in [-0.2, 0) is 0 Å². The molecule has 3 nitrogen and oxygen atoms in total. The summed E-state index contributed by atoms with van der Waals surface area (Å²) in [6, 6.07) is 16.3. The first-order chi connectivity index (χ1) is 9.66. The summed E-state index contributed by atoms with van der Waals surface area (Å²) in [5.41, 5.74) is 2.44. The number of hydrogen-bond acceptors (Lipinski definition) is 2. The molecule has 4 heteroatoms. The van der Waals surface area contributed by atoms with E-state index in [0.717, 1.165) is 11.3 Å². The summed E-state index contributed by atoms with van der Waals surface area (Å²) in [7, 11) is 0. The number of carbonyl (C=O) groups is 1. The van der Waals surface area contributed by atoms with Crippen molar-refractivity contribution in [3.05, 3.63) is 65.2 Å². The van der Waals surface area contributed by atoms with Gasteiger partial charge < -0.3 is 5.11 Å². The van der Waals surface area contributed by atoms with Gasteiger partial charge in [0.25, 0.3) is 0 Å². The molecular weight excluding hydrogens is 274 g/mol. The number of pyridine rings is 1. The smallest absolute Gasteiger partial charge is 0.336 e. The number of aromatic carboxylic acids is 1. The van der Waals surface area contributed by atoms with Crippen molar-refractivity contribution in [2.24, 2.45) is 0 Å². The van der Waals surface area contributed by atoms with Gasteiger partial charge in [-0.15, -0.1) is 0 Å². The fourth-order valence-electron chi connectivity index (χ4n) is 2.14. The summed E-state index contributed by atoms with van der Waals surface area (Å²) >= 11 is 6.14. The minimum atomic E-state index is -0.985. The molecule has 3 aromatic rings. The molecule has 0 spiro atoms. The summed E-state index contributed by atoms with van der Waals surface area (Å²) in [5.74, 6) is -0.985. The summed E-state index contributed by atoms with van der Waals surface area (Å²) in [4.78, 5) is 15.7. The Balaban J connectivity index is 2.27. The highest BCUT2D eigenvalue weighted by atomic mass is 35.5. The average molecular weight is 284 g/mol. The SMILES string of the molecule is O=C(O)c1ccc(Cl)c2nc(-c3ccccc3)ccc12. The third-order valence-electron chi connectivity index (χ3n) is 3.11. The van der Waals surface area contributed by atoms with Crippen molar-refractivity contribution in [3.8, 4) is 11.3 Å².